The average molecular weight is 438 g/mol. The Kier molecular flexibility index (Phi) is 7.00. The van der Waals surface area contributed by atoms with Gasteiger partial charge in [-0.3, -0.25) is 24.3 Å². The summed E-state index contributed by atoms with van der Waals surface area (Å²) in [5.41, 5.74) is 1.47. The van der Waals surface area contributed by atoms with Crippen molar-refractivity contribution >= 4 is 71.5 Å². The molecule has 9 heteroatoms. The van der Waals surface area contributed by atoms with Crippen molar-refractivity contribution in [2.45, 2.75) is 18.3 Å². The van der Waals surface area contributed by atoms with Crippen LogP contribution in [-0.2, 0) is 24.9 Å². The van der Waals surface area contributed by atoms with Gasteiger partial charge in [0.25, 0.3) is 10.8 Å². The van der Waals surface area contributed by atoms with Crippen LogP contribution >= 0.6 is 11.8 Å². The van der Waals surface area contributed by atoms with Crippen molar-refractivity contribution in [3.63, 3.8) is 0 Å². The second-order valence-electron chi connectivity index (χ2n) is 6.43. The van der Waals surface area contributed by atoms with Gasteiger partial charge in [-0.1, -0.05) is 36.0 Å². The van der Waals surface area contributed by atoms with Gasteiger partial charge >= 0.3 is 37.7 Å². The molecule has 3 aromatic rings. The van der Waals surface area contributed by atoms with E-state index in [1.54, 1.807) is 31.3 Å². The summed E-state index contributed by atoms with van der Waals surface area (Å²) >= 11 is 1.01. The van der Waals surface area contributed by atoms with Crippen molar-refractivity contribution in [2.24, 2.45) is 7.05 Å². The number of amides is 2. The van der Waals surface area contributed by atoms with E-state index in [1.807, 2.05) is 24.3 Å². The number of nitrogens with zero attached hydrogens (tertiary/aromatic N) is 2. The fourth-order valence-corrected chi connectivity index (χ4v) is 3.86. The van der Waals surface area contributed by atoms with Gasteiger partial charge in [0.2, 0.25) is 5.91 Å². The first-order valence-electron chi connectivity index (χ1n) is 8.69. The molecule has 2 heterocycles. The molecule has 1 unspecified atom stereocenters. The Bertz CT molecular complexity index is 1140. The Morgan fingerprint density at radius 2 is 1.86 bits per heavy atom. The maximum Gasteiger partial charge on any atom is 2.00 e. The summed E-state index contributed by atoms with van der Waals surface area (Å²) in [7, 11) is 1.68. The molecule has 1 atom stereocenters. The predicted molar refractivity (Wildman–Crippen MR) is 114 cm³/mol. The fraction of sp³-hybridized carbons (Fsp3) is 0.200. The first kappa shape index (κ1) is 21.8. The molecule has 29 heavy (non-hydrogen) atoms. The van der Waals surface area contributed by atoms with Crippen LogP contribution in [0.25, 0.3) is 10.9 Å². The second kappa shape index (κ2) is 9.30. The summed E-state index contributed by atoms with van der Waals surface area (Å²) in [6.45, 7) is 0.158. The maximum absolute atomic E-state index is 12.4. The first-order valence-corrected chi connectivity index (χ1v) is 9.57. The van der Waals surface area contributed by atoms with Crippen LogP contribution in [-0.4, -0.2) is 63.7 Å². The molecular weight excluding hydrogens is 418 g/mol. The number of hydrogen-bond donors (Lipinski definition) is 1. The summed E-state index contributed by atoms with van der Waals surface area (Å²) < 4.78 is 7.27. The molecule has 0 bridgehead atoms. The largest absolute Gasteiger partial charge is 2.00 e. The van der Waals surface area contributed by atoms with Gasteiger partial charge in [0.1, 0.15) is 18.2 Å². The zero-order valence-electron chi connectivity index (χ0n) is 17.8. The second-order valence-corrected chi connectivity index (χ2v) is 7.60. The third kappa shape index (κ3) is 4.83. The minimum Gasteiger partial charge on any atom is -1.00 e. The zero-order valence-corrected chi connectivity index (χ0v) is 18.8. The summed E-state index contributed by atoms with van der Waals surface area (Å²) in [4.78, 5) is 39.8. The number of para-hydroxylation sites is 1. The van der Waals surface area contributed by atoms with E-state index >= 15 is 0 Å². The molecule has 1 saturated heterocycles. The molecule has 2 amide bonds. The van der Waals surface area contributed by atoms with E-state index in [4.69, 9.17) is 4.74 Å². The molecule has 1 aromatic heterocycles. The van der Waals surface area contributed by atoms with Crippen LogP contribution in [0.4, 0.5) is 4.79 Å². The summed E-state index contributed by atoms with van der Waals surface area (Å²) in [6, 6.07) is 14.5. The van der Waals surface area contributed by atoms with E-state index in [-0.39, 0.29) is 63.9 Å². The van der Waals surface area contributed by atoms with Gasteiger partial charge in [0.15, 0.2) is 0 Å². The Labute approximate surface area is 203 Å². The Balaban J connectivity index is 0.00000160. The normalized spacial score (nSPS) is 15.8. The number of rotatable bonds is 5. The van der Waals surface area contributed by atoms with E-state index < -0.39 is 5.25 Å². The smallest absolute Gasteiger partial charge is 1.00 e. The van der Waals surface area contributed by atoms with Crippen LogP contribution in [0.15, 0.2) is 53.3 Å². The summed E-state index contributed by atoms with van der Waals surface area (Å²) in [6.07, 6.45) is 0.475. The van der Waals surface area contributed by atoms with Crippen LogP contribution in [0, 0.1) is 0 Å². The minimum absolute atomic E-state index is 0. The van der Waals surface area contributed by atoms with Crippen LogP contribution in [0.1, 0.15) is 14.2 Å². The van der Waals surface area contributed by atoms with Crippen molar-refractivity contribution in [3.8, 4) is 5.75 Å². The van der Waals surface area contributed by atoms with Crippen LogP contribution in [0.5, 0.6) is 5.75 Å². The number of nitrogens with one attached hydrogen (secondary N) is 1. The van der Waals surface area contributed by atoms with Crippen LogP contribution in [0.3, 0.4) is 0 Å². The van der Waals surface area contributed by atoms with Crippen molar-refractivity contribution < 1.29 is 17.2 Å². The monoisotopic (exact) mass is 437 g/mol. The molecule has 1 aliphatic rings. The number of benzene rings is 2. The predicted octanol–water partition coefficient (Wildman–Crippen LogP) is 2.25. The first-order chi connectivity index (χ1) is 13.5. The van der Waals surface area contributed by atoms with Gasteiger partial charge < -0.3 is 7.59 Å². The van der Waals surface area contributed by atoms with Crippen molar-refractivity contribution in [3.05, 3.63) is 70.3 Å². The SMILES string of the molecule is Cn1c(COc2ccc(CC3SC(=O)NC3=O)cc2)nc2ccccc2c1=O.[Ca+2].[H-].[H-]. The van der Waals surface area contributed by atoms with Crippen molar-refractivity contribution in [1.29, 1.82) is 0 Å². The van der Waals surface area contributed by atoms with E-state index in [2.05, 4.69) is 10.3 Å². The van der Waals surface area contributed by atoms with Gasteiger partial charge in [0, 0.05) is 7.05 Å². The van der Waals surface area contributed by atoms with Crippen molar-refractivity contribution in [2.75, 3.05) is 0 Å². The maximum atomic E-state index is 12.4. The molecule has 0 saturated carbocycles. The Morgan fingerprint density at radius 1 is 1.14 bits per heavy atom. The van der Waals surface area contributed by atoms with E-state index in [0.29, 0.717) is 28.9 Å². The molecule has 7 nitrogen and oxygen atoms in total. The van der Waals surface area contributed by atoms with Gasteiger partial charge in [0.05, 0.1) is 16.2 Å². The number of hydrogen-bond acceptors (Lipinski definition) is 6. The molecule has 0 spiro atoms. The topological polar surface area (TPSA) is 90.3 Å². The van der Waals surface area contributed by atoms with Gasteiger partial charge in [-0.25, -0.2) is 4.98 Å². The molecular formula is C20H19CaN3O4S. The standard InChI is InChI=1S/C20H17N3O4S.Ca.2H/c1-23-17(21-15-5-3-2-4-14(15)19(23)25)11-27-13-8-6-12(7-9-13)10-16-18(24)22-20(26)28-16;;;/h2-9,16H,10-11H2,1H3,(H,22,24,26);;;/q;+2;2*-1. The van der Waals surface area contributed by atoms with Gasteiger partial charge in [-0.2, -0.15) is 0 Å². The third-order valence-electron chi connectivity index (χ3n) is 4.56. The van der Waals surface area contributed by atoms with E-state index in [9.17, 15) is 14.4 Å². The molecule has 146 valence electrons. The summed E-state index contributed by atoms with van der Waals surface area (Å²) in [5, 5.41) is 2.16. The fourth-order valence-electron chi connectivity index (χ4n) is 3.00. The number of fused-ring (bicyclic) bond motifs is 1. The number of thioether (sulfide) groups is 1. The summed E-state index contributed by atoms with van der Waals surface area (Å²) in [5.74, 6) is 0.912. The number of imide groups is 1. The molecule has 1 fully saturated rings. The number of carbonyl (C=O) groups excluding carboxylic acids is 2. The quantitative estimate of drug-likeness (QED) is 0.616. The molecule has 2 aromatic carbocycles. The van der Waals surface area contributed by atoms with Crippen LogP contribution in [0.2, 0.25) is 0 Å². The van der Waals surface area contributed by atoms with Gasteiger partial charge in [-0.05, 0) is 36.2 Å². The zero-order chi connectivity index (χ0) is 19.7. The van der Waals surface area contributed by atoms with Crippen molar-refractivity contribution in [1.82, 2.24) is 14.9 Å². The average Bonchev–Trinajstić information content (AvgIpc) is 3.01. The van der Waals surface area contributed by atoms with E-state index in [0.717, 1.165) is 17.3 Å². The molecule has 1 N–H and O–H groups in total. The van der Waals surface area contributed by atoms with E-state index in [1.165, 1.54) is 4.57 Å². The molecule has 0 radical (unpaired) electrons. The number of carbonyl (C=O) groups is 2. The van der Waals surface area contributed by atoms with Crippen LogP contribution < -0.4 is 15.6 Å². The molecule has 0 aliphatic carbocycles. The number of ether oxygens (including phenoxy) is 1. The third-order valence-corrected chi connectivity index (χ3v) is 5.54. The van der Waals surface area contributed by atoms with Gasteiger partial charge in [-0.15, -0.1) is 0 Å². The molecule has 4 rings (SSSR count). The Hall–Kier alpha value is -1.87. The Morgan fingerprint density at radius 3 is 2.55 bits per heavy atom. The molecule has 1 aliphatic heterocycles. The minimum atomic E-state index is -0.393. The number of aromatic nitrogens is 2.